The Morgan fingerprint density at radius 2 is 1.82 bits per heavy atom. The summed E-state index contributed by atoms with van der Waals surface area (Å²) in [5.41, 5.74) is 1.68. The number of likely N-dealkylation sites (tertiary alicyclic amines) is 1. The number of alkyl halides is 2. The molecular formula is C24H25F3N2O4S. The summed E-state index contributed by atoms with van der Waals surface area (Å²) in [5.74, 6) is -4.16. The van der Waals surface area contributed by atoms with Gasteiger partial charge < -0.3 is 9.64 Å². The molecule has 2 aliphatic heterocycles. The summed E-state index contributed by atoms with van der Waals surface area (Å²) in [6.45, 7) is 0.785. The molecule has 2 aromatic rings. The van der Waals surface area contributed by atoms with Gasteiger partial charge in [-0.05, 0) is 48.1 Å². The predicted octanol–water partition coefficient (Wildman–Crippen LogP) is 3.33. The van der Waals surface area contributed by atoms with Gasteiger partial charge >= 0.3 is 5.76 Å². The van der Waals surface area contributed by atoms with Crippen molar-refractivity contribution in [2.75, 3.05) is 13.2 Å². The molecule has 2 heterocycles. The molecule has 0 bridgehead atoms. The fourth-order valence-electron chi connectivity index (χ4n) is 5.08. The van der Waals surface area contributed by atoms with Crippen molar-refractivity contribution in [1.82, 2.24) is 9.62 Å². The average molecular weight is 495 g/mol. The first kappa shape index (κ1) is 23.3. The quantitative estimate of drug-likeness (QED) is 0.641. The van der Waals surface area contributed by atoms with Crippen LogP contribution in [0.25, 0.3) is 11.1 Å². The molecule has 10 heteroatoms. The summed E-state index contributed by atoms with van der Waals surface area (Å²) in [4.78, 5) is 14.8. The van der Waals surface area contributed by atoms with E-state index < -0.39 is 39.4 Å². The highest BCUT2D eigenvalue weighted by Crippen LogP contribution is 2.56. The van der Waals surface area contributed by atoms with E-state index in [9.17, 15) is 26.4 Å². The van der Waals surface area contributed by atoms with Crippen LogP contribution in [0.3, 0.4) is 0 Å². The van der Waals surface area contributed by atoms with Gasteiger partial charge in [-0.2, -0.15) is 8.78 Å². The highest BCUT2D eigenvalue weighted by Gasteiger charge is 2.62. The molecule has 1 spiro atoms. The number of sulfonamides is 1. The lowest BCUT2D eigenvalue weighted by atomic mass is 9.91. The van der Waals surface area contributed by atoms with Crippen molar-refractivity contribution in [3.8, 4) is 11.1 Å². The van der Waals surface area contributed by atoms with Gasteiger partial charge in [0.2, 0.25) is 0 Å². The van der Waals surface area contributed by atoms with Crippen LogP contribution in [0.5, 0.6) is 0 Å². The molecule has 1 aliphatic carbocycles. The molecular weight excluding hydrogens is 469 g/mol. The van der Waals surface area contributed by atoms with Crippen LogP contribution in [-0.4, -0.2) is 56.3 Å². The number of hydrogen-bond acceptors (Lipinski definition) is 4. The zero-order valence-electron chi connectivity index (χ0n) is 18.3. The minimum atomic E-state index is -4.85. The summed E-state index contributed by atoms with van der Waals surface area (Å²) in [6, 6.07) is 12.0. The number of carbonyl (C=O) groups excluding carboxylic acids is 1. The average Bonchev–Trinajstić information content (AvgIpc) is 3.48. The number of ether oxygens (including phenoxy) is 1. The second-order valence-corrected chi connectivity index (χ2v) is 11.0. The molecule has 1 amide bonds. The van der Waals surface area contributed by atoms with Crippen LogP contribution >= 0.6 is 0 Å². The van der Waals surface area contributed by atoms with Crippen LogP contribution in [0.1, 0.15) is 24.8 Å². The second kappa shape index (κ2) is 8.66. The molecule has 3 atom stereocenters. The first-order chi connectivity index (χ1) is 16.2. The first-order valence-electron chi connectivity index (χ1n) is 11.2. The molecule has 2 aromatic carbocycles. The Bertz CT molecular complexity index is 1200. The molecule has 34 heavy (non-hydrogen) atoms. The maximum Gasteiger partial charge on any atom is 0.350 e. The van der Waals surface area contributed by atoms with Crippen LogP contribution in [0.4, 0.5) is 13.2 Å². The third kappa shape index (κ3) is 4.34. The highest BCUT2D eigenvalue weighted by atomic mass is 32.2. The van der Waals surface area contributed by atoms with Crippen molar-refractivity contribution in [1.29, 1.82) is 0 Å². The minimum Gasteiger partial charge on any atom is -0.368 e. The SMILES string of the molecule is O=C(C1CCO1)N1CC2(CC2)C(NS(=O)(=O)C(F)F)[C@@H]1Cc1cccc(-c2cccc(F)c2)c1. The molecule has 3 fully saturated rings. The maximum atomic E-state index is 13.7. The van der Waals surface area contributed by atoms with Crippen LogP contribution in [-0.2, 0) is 26.0 Å². The lowest BCUT2D eigenvalue weighted by Crippen LogP contribution is -2.53. The number of carbonyl (C=O) groups is 1. The number of hydrogen-bond donors (Lipinski definition) is 1. The summed E-state index contributed by atoms with van der Waals surface area (Å²) >= 11 is 0. The Morgan fingerprint density at radius 1 is 1.15 bits per heavy atom. The van der Waals surface area contributed by atoms with Gasteiger partial charge in [0.15, 0.2) is 0 Å². The normalized spacial score (nSPS) is 25.5. The summed E-state index contributed by atoms with van der Waals surface area (Å²) < 4.78 is 72.0. The van der Waals surface area contributed by atoms with Crippen LogP contribution in [0, 0.1) is 11.2 Å². The third-order valence-electron chi connectivity index (χ3n) is 7.14. The van der Waals surface area contributed by atoms with E-state index in [4.69, 9.17) is 4.74 Å². The van der Waals surface area contributed by atoms with E-state index >= 15 is 0 Å². The van der Waals surface area contributed by atoms with E-state index in [0.717, 1.165) is 11.1 Å². The molecule has 2 saturated heterocycles. The first-order valence-corrected chi connectivity index (χ1v) is 12.8. The minimum absolute atomic E-state index is 0.234. The number of nitrogens with zero attached hydrogens (tertiary/aromatic N) is 1. The largest absolute Gasteiger partial charge is 0.368 e. The molecule has 0 aromatic heterocycles. The van der Waals surface area contributed by atoms with Crippen molar-refractivity contribution in [2.45, 2.75) is 49.6 Å². The van der Waals surface area contributed by atoms with Gasteiger partial charge in [-0.1, -0.05) is 36.4 Å². The Hall–Kier alpha value is -2.43. The lowest BCUT2D eigenvalue weighted by Gasteiger charge is -2.34. The lowest BCUT2D eigenvalue weighted by molar-refractivity contribution is -0.157. The fraction of sp³-hybridized carbons (Fsp3) is 0.458. The molecule has 1 saturated carbocycles. The van der Waals surface area contributed by atoms with E-state index in [1.807, 2.05) is 18.2 Å². The van der Waals surface area contributed by atoms with Crippen molar-refractivity contribution < 1.29 is 31.1 Å². The van der Waals surface area contributed by atoms with Gasteiger partial charge in [0, 0.05) is 24.4 Å². The van der Waals surface area contributed by atoms with E-state index in [1.54, 1.807) is 23.1 Å². The van der Waals surface area contributed by atoms with Crippen molar-refractivity contribution in [3.63, 3.8) is 0 Å². The van der Waals surface area contributed by atoms with E-state index in [2.05, 4.69) is 4.72 Å². The fourth-order valence-corrected chi connectivity index (χ4v) is 5.94. The molecule has 6 nitrogen and oxygen atoms in total. The van der Waals surface area contributed by atoms with Crippen LogP contribution in [0.2, 0.25) is 0 Å². The molecule has 3 aliphatic rings. The van der Waals surface area contributed by atoms with Gasteiger partial charge in [0.1, 0.15) is 11.9 Å². The maximum absolute atomic E-state index is 13.7. The second-order valence-electron chi connectivity index (χ2n) is 9.36. The zero-order valence-corrected chi connectivity index (χ0v) is 19.1. The number of rotatable bonds is 7. The number of amides is 1. The van der Waals surface area contributed by atoms with E-state index in [0.29, 0.717) is 38.0 Å². The Labute approximate surface area is 196 Å². The van der Waals surface area contributed by atoms with Crippen molar-refractivity contribution in [3.05, 3.63) is 59.9 Å². The Morgan fingerprint density at radius 3 is 2.41 bits per heavy atom. The summed E-state index contributed by atoms with van der Waals surface area (Å²) in [5, 5.41) is 0. The van der Waals surface area contributed by atoms with Gasteiger partial charge in [0.25, 0.3) is 15.9 Å². The van der Waals surface area contributed by atoms with Crippen molar-refractivity contribution in [2.24, 2.45) is 5.41 Å². The Kier molecular flexibility index (Phi) is 5.94. The molecule has 2 unspecified atom stereocenters. The van der Waals surface area contributed by atoms with Gasteiger partial charge in [-0.15, -0.1) is 0 Å². The Balaban J connectivity index is 1.47. The summed E-state index contributed by atoms with van der Waals surface area (Å²) in [6.07, 6.45) is 1.57. The molecule has 182 valence electrons. The van der Waals surface area contributed by atoms with Gasteiger partial charge in [0.05, 0.1) is 12.6 Å². The summed E-state index contributed by atoms with van der Waals surface area (Å²) in [7, 11) is -4.85. The van der Waals surface area contributed by atoms with Crippen LogP contribution < -0.4 is 4.72 Å². The topological polar surface area (TPSA) is 75.7 Å². The number of benzene rings is 2. The molecule has 5 rings (SSSR count). The van der Waals surface area contributed by atoms with Gasteiger partial charge in [-0.25, -0.2) is 17.5 Å². The number of halogens is 3. The van der Waals surface area contributed by atoms with E-state index in [-0.39, 0.29) is 18.1 Å². The van der Waals surface area contributed by atoms with Crippen molar-refractivity contribution >= 4 is 15.9 Å². The standard InChI is InChI=1S/C24H25F3N2O4S/c25-18-6-2-5-17(13-18)16-4-1-3-15(11-16)12-19-21(28-34(31,32)23(26)27)24(8-9-24)14-29(19)22(30)20-7-10-33-20/h1-6,11,13,19-21,23,28H,7-10,12,14H2/t19-,20?,21?/m0/s1. The zero-order chi connectivity index (χ0) is 24.1. The van der Waals surface area contributed by atoms with Gasteiger partial charge in [-0.3, -0.25) is 4.79 Å². The van der Waals surface area contributed by atoms with E-state index in [1.165, 1.54) is 12.1 Å². The highest BCUT2D eigenvalue weighted by molar-refractivity contribution is 7.89. The predicted molar refractivity (Wildman–Crippen MR) is 119 cm³/mol. The third-order valence-corrected chi connectivity index (χ3v) is 8.19. The molecule has 1 N–H and O–H groups in total. The van der Waals surface area contributed by atoms with Crippen LogP contribution in [0.15, 0.2) is 48.5 Å². The number of nitrogens with one attached hydrogen (secondary N) is 1. The molecule has 0 radical (unpaired) electrons. The smallest absolute Gasteiger partial charge is 0.350 e. The monoisotopic (exact) mass is 494 g/mol.